The van der Waals surface area contributed by atoms with Gasteiger partial charge < -0.3 is 14.7 Å². The van der Waals surface area contributed by atoms with Gasteiger partial charge in [0.15, 0.2) is 0 Å². The summed E-state index contributed by atoms with van der Waals surface area (Å²) in [5.41, 5.74) is 1.32. The van der Waals surface area contributed by atoms with Crippen LogP contribution in [0.15, 0.2) is 53.7 Å². The molecular formula is C20H16F3N7O2S. The Morgan fingerprint density at radius 1 is 1.18 bits per heavy atom. The molecule has 1 aromatic carbocycles. The molecule has 33 heavy (non-hydrogen) atoms. The van der Waals surface area contributed by atoms with Crippen LogP contribution >= 0.6 is 11.3 Å². The molecule has 13 heteroatoms. The van der Waals surface area contributed by atoms with E-state index in [0.29, 0.717) is 13.1 Å². The molecule has 4 rings (SSSR count). The average Bonchev–Trinajstić information content (AvgIpc) is 3.50. The van der Waals surface area contributed by atoms with E-state index in [0.717, 1.165) is 15.6 Å². The van der Waals surface area contributed by atoms with Gasteiger partial charge in [0, 0.05) is 49.2 Å². The van der Waals surface area contributed by atoms with E-state index in [9.17, 15) is 18.0 Å². The first-order chi connectivity index (χ1) is 15.8. The quantitative estimate of drug-likeness (QED) is 0.432. The number of thiazole rings is 1. The van der Waals surface area contributed by atoms with Crippen LogP contribution in [0.2, 0.25) is 0 Å². The molecule has 0 atom stereocenters. The number of nitrogens with zero attached hydrogens (tertiary/aromatic N) is 6. The van der Waals surface area contributed by atoms with Crippen LogP contribution in [0.4, 0.5) is 18.2 Å². The van der Waals surface area contributed by atoms with Crippen molar-refractivity contribution in [2.45, 2.75) is 6.18 Å². The van der Waals surface area contributed by atoms with Crippen LogP contribution in [0.3, 0.4) is 0 Å². The summed E-state index contributed by atoms with van der Waals surface area (Å²) >= 11 is 1.47. The minimum Gasteiger partial charge on any atom is -0.363 e. The first-order valence-electron chi connectivity index (χ1n) is 9.53. The lowest BCUT2D eigenvalue weighted by Crippen LogP contribution is -2.32. The van der Waals surface area contributed by atoms with Crippen molar-refractivity contribution >= 4 is 22.2 Å². The molecule has 0 aliphatic rings. The first-order valence-corrected chi connectivity index (χ1v) is 10.3. The number of nitrogens with one attached hydrogen (secondary N) is 1. The van der Waals surface area contributed by atoms with Gasteiger partial charge in [0.1, 0.15) is 16.3 Å². The highest BCUT2D eigenvalue weighted by Crippen LogP contribution is 2.30. The van der Waals surface area contributed by atoms with Crippen LogP contribution in [0.25, 0.3) is 22.0 Å². The molecule has 4 aromatic rings. The van der Waals surface area contributed by atoms with Crippen LogP contribution in [0.5, 0.6) is 0 Å². The van der Waals surface area contributed by atoms with Crippen molar-refractivity contribution in [1.29, 1.82) is 0 Å². The number of rotatable bonds is 7. The summed E-state index contributed by atoms with van der Waals surface area (Å²) in [6.45, 7) is 0.847. The number of benzene rings is 1. The molecule has 0 saturated heterocycles. The average molecular weight is 475 g/mol. The summed E-state index contributed by atoms with van der Waals surface area (Å²) in [6.07, 6.45) is 1.81. The van der Waals surface area contributed by atoms with Crippen LogP contribution in [-0.2, 0) is 6.18 Å². The lowest BCUT2D eigenvalue weighted by Gasteiger charge is -2.16. The van der Waals surface area contributed by atoms with E-state index >= 15 is 0 Å². The van der Waals surface area contributed by atoms with Crippen molar-refractivity contribution in [1.82, 2.24) is 30.4 Å². The topological polar surface area (TPSA) is 110 Å². The van der Waals surface area contributed by atoms with Crippen molar-refractivity contribution in [2.24, 2.45) is 0 Å². The van der Waals surface area contributed by atoms with Gasteiger partial charge in [0.25, 0.3) is 5.91 Å². The number of hydrogen-bond acceptors (Lipinski definition) is 9. The maximum absolute atomic E-state index is 12.7. The summed E-state index contributed by atoms with van der Waals surface area (Å²) in [6, 6.07) is 5.98. The van der Waals surface area contributed by atoms with Gasteiger partial charge in [-0.1, -0.05) is 28.6 Å². The lowest BCUT2D eigenvalue weighted by atomic mass is 10.1. The molecule has 1 N–H and O–H groups in total. The Bertz CT molecular complexity index is 1240. The van der Waals surface area contributed by atoms with Gasteiger partial charge in [-0.25, -0.2) is 15.0 Å². The lowest BCUT2D eigenvalue weighted by molar-refractivity contribution is -0.159. The number of hydrogen-bond donors (Lipinski definition) is 1. The van der Waals surface area contributed by atoms with Crippen LogP contribution in [-0.4, -0.2) is 51.1 Å². The molecule has 0 radical (unpaired) electrons. The van der Waals surface area contributed by atoms with E-state index < -0.39 is 12.1 Å². The number of aromatic nitrogens is 5. The number of alkyl halides is 3. The van der Waals surface area contributed by atoms with Crippen LogP contribution in [0, 0.1) is 0 Å². The molecular weight excluding hydrogens is 459 g/mol. The van der Waals surface area contributed by atoms with Crippen LogP contribution < -0.4 is 10.2 Å². The highest BCUT2D eigenvalue weighted by atomic mass is 32.1. The highest BCUT2D eigenvalue weighted by molar-refractivity contribution is 7.18. The van der Waals surface area contributed by atoms with E-state index in [1.54, 1.807) is 24.7 Å². The number of carbonyl (C=O) groups is 1. The predicted octanol–water partition coefficient (Wildman–Crippen LogP) is 3.54. The Kier molecular flexibility index (Phi) is 6.31. The third-order valence-corrected chi connectivity index (χ3v) is 5.62. The van der Waals surface area contributed by atoms with Crippen molar-refractivity contribution < 1.29 is 22.5 Å². The molecule has 0 aliphatic heterocycles. The van der Waals surface area contributed by atoms with E-state index in [1.165, 1.54) is 35.9 Å². The number of carbonyl (C=O) groups excluding carboxylic acids is 1. The van der Waals surface area contributed by atoms with Crippen molar-refractivity contribution in [3.05, 3.63) is 60.6 Å². The Labute approximate surface area is 189 Å². The molecule has 0 bridgehead atoms. The second kappa shape index (κ2) is 9.32. The third kappa shape index (κ3) is 5.31. The molecule has 1 amide bonds. The molecule has 3 heterocycles. The maximum atomic E-state index is 12.7. The minimum atomic E-state index is -4.74. The van der Waals surface area contributed by atoms with Gasteiger partial charge in [0.05, 0.1) is 6.20 Å². The standard InChI is InChI=1S/C20H16F3N7O2S/c1-30(15-10-27-18(33-15)14-8-24-11-25-9-14)6-5-26-17(31)13-4-2-3-12(7-13)16-28-19(32-29-16)20(21,22)23/h2-4,7-11H,5-6H2,1H3,(H,26,31). The summed E-state index contributed by atoms with van der Waals surface area (Å²) in [4.78, 5) is 30.1. The smallest absolute Gasteiger partial charge is 0.363 e. The number of halogens is 3. The van der Waals surface area contributed by atoms with Gasteiger partial charge in [-0.3, -0.25) is 4.79 Å². The van der Waals surface area contributed by atoms with Gasteiger partial charge in [-0.05, 0) is 12.1 Å². The monoisotopic (exact) mass is 475 g/mol. The van der Waals surface area contributed by atoms with E-state index in [-0.39, 0.29) is 22.9 Å². The SMILES string of the molecule is CN(CCNC(=O)c1cccc(-c2noc(C(F)(F)F)n2)c1)c1cnc(-c2cncnc2)s1. The number of amides is 1. The first kappa shape index (κ1) is 22.3. The fourth-order valence-electron chi connectivity index (χ4n) is 2.79. The summed E-state index contributed by atoms with van der Waals surface area (Å²) < 4.78 is 42.2. The van der Waals surface area contributed by atoms with Crippen molar-refractivity contribution in [3.8, 4) is 22.0 Å². The van der Waals surface area contributed by atoms with Gasteiger partial charge >= 0.3 is 12.1 Å². The minimum absolute atomic E-state index is 0.237. The summed E-state index contributed by atoms with van der Waals surface area (Å²) in [7, 11) is 1.88. The molecule has 0 spiro atoms. The summed E-state index contributed by atoms with van der Waals surface area (Å²) in [5.74, 6) is -2.07. The second-order valence-electron chi connectivity index (χ2n) is 6.81. The van der Waals surface area contributed by atoms with E-state index in [4.69, 9.17) is 0 Å². The van der Waals surface area contributed by atoms with Crippen LogP contribution in [0.1, 0.15) is 16.2 Å². The number of likely N-dealkylation sites (N-methyl/N-ethyl adjacent to an activating group) is 1. The normalized spacial score (nSPS) is 11.4. The van der Waals surface area contributed by atoms with Crippen molar-refractivity contribution in [3.63, 3.8) is 0 Å². The fraction of sp³-hybridized carbons (Fsp3) is 0.200. The van der Waals surface area contributed by atoms with Gasteiger partial charge in [-0.15, -0.1) is 0 Å². The molecule has 0 aliphatic carbocycles. The molecule has 3 aromatic heterocycles. The number of anilines is 1. The molecule has 9 nitrogen and oxygen atoms in total. The Morgan fingerprint density at radius 3 is 2.70 bits per heavy atom. The largest absolute Gasteiger partial charge is 0.471 e. The Balaban J connectivity index is 1.34. The zero-order valence-electron chi connectivity index (χ0n) is 17.1. The maximum Gasteiger partial charge on any atom is 0.471 e. The molecule has 0 fully saturated rings. The van der Waals surface area contributed by atoms with Gasteiger partial charge in [0.2, 0.25) is 5.82 Å². The van der Waals surface area contributed by atoms with E-state index in [2.05, 4.69) is 34.9 Å². The van der Waals surface area contributed by atoms with Crippen molar-refractivity contribution in [2.75, 3.05) is 25.0 Å². The van der Waals surface area contributed by atoms with Gasteiger partial charge in [-0.2, -0.15) is 18.2 Å². The second-order valence-corrected chi connectivity index (χ2v) is 7.82. The summed E-state index contributed by atoms with van der Waals surface area (Å²) in [5, 5.41) is 7.82. The molecule has 170 valence electrons. The zero-order chi connectivity index (χ0) is 23.4. The Hall–Kier alpha value is -3.87. The highest BCUT2D eigenvalue weighted by Gasteiger charge is 2.38. The molecule has 0 unspecified atom stereocenters. The van der Waals surface area contributed by atoms with E-state index in [1.807, 2.05) is 11.9 Å². The fourth-order valence-corrected chi connectivity index (χ4v) is 3.67. The third-order valence-electron chi connectivity index (χ3n) is 4.46. The zero-order valence-corrected chi connectivity index (χ0v) is 17.9. The Morgan fingerprint density at radius 2 is 1.97 bits per heavy atom. The predicted molar refractivity (Wildman–Crippen MR) is 113 cm³/mol. The molecule has 0 saturated carbocycles.